The summed E-state index contributed by atoms with van der Waals surface area (Å²) < 4.78 is 28.6. The average Bonchev–Trinajstić information content (AvgIpc) is 2.44. The van der Waals surface area contributed by atoms with Crippen LogP contribution >= 0.6 is 0 Å². The Morgan fingerprint density at radius 2 is 1.86 bits per heavy atom. The smallest absolute Gasteiger partial charge is 0.387 e. The lowest BCUT2D eigenvalue weighted by Gasteiger charge is -2.10. The number of benzene rings is 1. The Bertz CT molecular complexity index is 551. The minimum Gasteiger partial charge on any atom is -0.481 e. The maximum absolute atomic E-state index is 12.2. The number of carboxylic acid groups (broad SMARTS) is 1. The van der Waals surface area contributed by atoms with Gasteiger partial charge in [-0.2, -0.15) is 8.78 Å². The Morgan fingerprint density at radius 1 is 1.18 bits per heavy atom. The molecule has 1 rings (SSSR count). The number of amides is 2. The Hall–Kier alpha value is -2.71. The number of carbonyl (C=O) groups is 3. The molecule has 0 bridgehead atoms. The molecule has 0 heterocycles. The highest BCUT2D eigenvalue weighted by atomic mass is 19.3. The summed E-state index contributed by atoms with van der Waals surface area (Å²) in [5.74, 6) is -2.73. The lowest BCUT2D eigenvalue weighted by Crippen LogP contribution is -2.37. The molecule has 3 N–H and O–H groups in total. The van der Waals surface area contributed by atoms with Crippen molar-refractivity contribution in [2.24, 2.45) is 0 Å². The summed E-state index contributed by atoms with van der Waals surface area (Å²) >= 11 is 0. The van der Waals surface area contributed by atoms with Crippen LogP contribution < -0.4 is 15.4 Å². The predicted molar refractivity (Wildman–Crippen MR) is 70.7 cm³/mol. The fourth-order valence-corrected chi connectivity index (χ4v) is 1.48. The Morgan fingerprint density at radius 3 is 2.50 bits per heavy atom. The van der Waals surface area contributed by atoms with Gasteiger partial charge in [0, 0.05) is 6.54 Å². The summed E-state index contributed by atoms with van der Waals surface area (Å²) in [6.07, 6.45) is -0.245. The van der Waals surface area contributed by atoms with Crippen LogP contribution in [0.1, 0.15) is 16.8 Å². The molecule has 0 spiro atoms. The molecule has 0 fully saturated rings. The fraction of sp³-hybridized carbons (Fsp3) is 0.308. The molecule has 1 aromatic rings. The average molecular weight is 316 g/mol. The number of hydrogen-bond donors (Lipinski definition) is 3. The number of alkyl halides is 2. The highest BCUT2D eigenvalue weighted by molar-refractivity contribution is 5.98. The van der Waals surface area contributed by atoms with Gasteiger partial charge in [0.25, 0.3) is 5.91 Å². The number of aliphatic carboxylic acids is 1. The first-order valence-electron chi connectivity index (χ1n) is 6.20. The summed E-state index contributed by atoms with van der Waals surface area (Å²) in [5.41, 5.74) is -0.138. The van der Waals surface area contributed by atoms with E-state index in [9.17, 15) is 23.2 Å². The number of nitrogens with one attached hydrogen (secondary N) is 2. The highest BCUT2D eigenvalue weighted by Crippen LogP contribution is 2.19. The summed E-state index contributed by atoms with van der Waals surface area (Å²) in [7, 11) is 0. The van der Waals surface area contributed by atoms with Crippen LogP contribution in [0.5, 0.6) is 5.75 Å². The maximum atomic E-state index is 12.2. The molecule has 0 saturated heterocycles. The minimum absolute atomic E-state index is 0.0743. The van der Waals surface area contributed by atoms with Gasteiger partial charge in [-0.3, -0.25) is 14.4 Å². The maximum Gasteiger partial charge on any atom is 0.387 e. The third kappa shape index (κ3) is 6.16. The summed E-state index contributed by atoms with van der Waals surface area (Å²) in [5, 5.41) is 12.9. The molecule has 0 aromatic heterocycles. The number of ether oxygens (including phenoxy) is 1. The minimum atomic E-state index is -3.08. The quantitative estimate of drug-likeness (QED) is 0.652. The van der Waals surface area contributed by atoms with Gasteiger partial charge in [-0.05, 0) is 12.1 Å². The van der Waals surface area contributed by atoms with Crippen LogP contribution in [-0.2, 0) is 9.59 Å². The molecule has 120 valence electrons. The van der Waals surface area contributed by atoms with Gasteiger partial charge < -0.3 is 20.5 Å². The van der Waals surface area contributed by atoms with E-state index < -0.39 is 30.9 Å². The zero-order chi connectivity index (χ0) is 16.5. The molecular formula is C13H14F2N2O5. The Labute approximate surface area is 124 Å². The van der Waals surface area contributed by atoms with Crippen LogP contribution in [-0.4, -0.2) is 42.6 Å². The van der Waals surface area contributed by atoms with E-state index in [0.29, 0.717) is 0 Å². The topological polar surface area (TPSA) is 105 Å². The second kappa shape index (κ2) is 8.55. The number of rotatable bonds is 8. The van der Waals surface area contributed by atoms with E-state index in [4.69, 9.17) is 5.11 Å². The SMILES string of the molecule is O=C(O)CCNC(=O)CNC(=O)c1ccccc1OC(F)F. The van der Waals surface area contributed by atoms with Crippen molar-refractivity contribution in [1.82, 2.24) is 10.6 Å². The van der Waals surface area contributed by atoms with Gasteiger partial charge in [0.1, 0.15) is 5.75 Å². The molecule has 2 amide bonds. The van der Waals surface area contributed by atoms with Crippen LogP contribution in [0.2, 0.25) is 0 Å². The standard InChI is InChI=1S/C13H14F2N2O5/c14-13(15)22-9-4-2-1-3-8(9)12(21)17-7-10(18)16-6-5-11(19)20/h1-4,13H,5-7H2,(H,16,18)(H,17,21)(H,19,20). The summed E-state index contributed by atoms with van der Waals surface area (Å²) in [4.78, 5) is 33.4. The van der Waals surface area contributed by atoms with Crippen molar-refractivity contribution in [2.45, 2.75) is 13.0 Å². The summed E-state index contributed by atoms with van der Waals surface area (Å²) in [6, 6.07) is 5.36. The Kier molecular flexibility index (Phi) is 6.74. The second-order valence-electron chi connectivity index (χ2n) is 4.05. The molecule has 1 aromatic carbocycles. The van der Waals surface area contributed by atoms with Crippen molar-refractivity contribution in [3.63, 3.8) is 0 Å². The number of halogens is 2. The predicted octanol–water partition coefficient (Wildman–Crippen LogP) is 0.609. The van der Waals surface area contributed by atoms with Crippen LogP contribution in [0.15, 0.2) is 24.3 Å². The van der Waals surface area contributed by atoms with Gasteiger partial charge >= 0.3 is 12.6 Å². The largest absolute Gasteiger partial charge is 0.481 e. The van der Waals surface area contributed by atoms with E-state index in [1.165, 1.54) is 24.3 Å². The molecule has 22 heavy (non-hydrogen) atoms. The lowest BCUT2D eigenvalue weighted by atomic mass is 10.2. The molecule has 0 unspecified atom stereocenters. The van der Waals surface area contributed by atoms with E-state index in [-0.39, 0.29) is 24.3 Å². The highest BCUT2D eigenvalue weighted by Gasteiger charge is 2.15. The summed E-state index contributed by atoms with van der Waals surface area (Å²) in [6.45, 7) is -3.57. The molecule has 0 aliphatic carbocycles. The van der Waals surface area contributed by atoms with Crippen LogP contribution in [0.25, 0.3) is 0 Å². The normalized spacial score (nSPS) is 10.1. The van der Waals surface area contributed by atoms with Gasteiger partial charge in [-0.15, -0.1) is 0 Å². The van der Waals surface area contributed by atoms with E-state index in [2.05, 4.69) is 15.4 Å². The van der Waals surface area contributed by atoms with Gasteiger partial charge in [-0.25, -0.2) is 0 Å². The van der Waals surface area contributed by atoms with Crippen molar-refractivity contribution in [3.8, 4) is 5.75 Å². The second-order valence-corrected chi connectivity index (χ2v) is 4.05. The monoisotopic (exact) mass is 316 g/mol. The van der Waals surface area contributed by atoms with Crippen molar-refractivity contribution < 1.29 is 33.0 Å². The molecule has 0 radical (unpaired) electrons. The van der Waals surface area contributed by atoms with Crippen LogP contribution in [0.3, 0.4) is 0 Å². The van der Waals surface area contributed by atoms with Crippen molar-refractivity contribution in [1.29, 1.82) is 0 Å². The molecule has 7 nitrogen and oxygen atoms in total. The van der Waals surface area contributed by atoms with Gasteiger partial charge in [-0.1, -0.05) is 12.1 Å². The number of hydrogen-bond acceptors (Lipinski definition) is 4. The van der Waals surface area contributed by atoms with E-state index in [0.717, 1.165) is 0 Å². The third-order valence-corrected chi connectivity index (χ3v) is 2.42. The third-order valence-electron chi connectivity index (χ3n) is 2.42. The van der Waals surface area contributed by atoms with E-state index >= 15 is 0 Å². The number of carbonyl (C=O) groups excluding carboxylic acids is 2. The van der Waals surface area contributed by atoms with Crippen molar-refractivity contribution in [2.75, 3.05) is 13.1 Å². The van der Waals surface area contributed by atoms with Gasteiger partial charge in [0.15, 0.2) is 0 Å². The molecule has 0 aliphatic heterocycles. The fourth-order valence-electron chi connectivity index (χ4n) is 1.48. The number of carboxylic acids is 1. The molecule has 0 saturated carbocycles. The molecule has 0 aliphatic rings. The van der Waals surface area contributed by atoms with Gasteiger partial charge in [0.05, 0.1) is 18.5 Å². The van der Waals surface area contributed by atoms with Crippen molar-refractivity contribution >= 4 is 17.8 Å². The van der Waals surface area contributed by atoms with E-state index in [1.807, 2.05) is 0 Å². The lowest BCUT2D eigenvalue weighted by molar-refractivity contribution is -0.136. The van der Waals surface area contributed by atoms with E-state index in [1.54, 1.807) is 0 Å². The molecular weight excluding hydrogens is 302 g/mol. The van der Waals surface area contributed by atoms with Crippen LogP contribution in [0.4, 0.5) is 8.78 Å². The first-order valence-corrected chi connectivity index (χ1v) is 6.20. The van der Waals surface area contributed by atoms with Crippen molar-refractivity contribution in [3.05, 3.63) is 29.8 Å². The first-order chi connectivity index (χ1) is 10.4. The first kappa shape index (κ1) is 17.3. The zero-order valence-electron chi connectivity index (χ0n) is 11.3. The van der Waals surface area contributed by atoms with Crippen LogP contribution in [0, 0.1) is 0 Å². The zero-order valence-corrected chi connectivity index (χ0v) is 11.3. The number of para-hydroxylation sites is 1. The molecule has 0 atom stereocenters. The van der Waals surface area contributed by atoms with Gasteiger partial charge in [0.2, 0.25) is 5.91 Å². The molecule has 9 heteroatoms. The Balaban J connectivity index is 2.52.